The van der Waals surface area contributed by atoms with Crippen LogP contribution in [0.25, 0.3) is 6.08 Å². The average Bonchev–Trinajstić information content (AvgIpc) is 2.38. The van der Waals surface area contributed by atoms with Gasteiger partial charge < -0.3 is 5.32 Å². The SMILES string of the molecule is CCCNCC(=Cc1ccc(C(C)C)cc1)C(C)C. The van der Waals surface area contributed by atoms with Gasteiger partial charge in [0.25, 0.3) is 0 Å². The standard InChI is InChI=1S/C18H29N/c1-6-11-19-13-18(15(4)5)12-16-7-9-17(10-8-16)14(2)3/h7-10,12,14-15,19H,6,11,13H2,1-5H3. The highest BCUT2D eigenvalue weighted by Gasteiger charge is 2.04. The van der Waals surface area contributed by atoms with Crippen LogP contribution in [0.4, 0.5) is 0 Å². The van der Waals surface area contributed by atoms with Gasteiger partial charge in [-0.3, -0.25) is 0 Å². The highest BCUT2D eigenvalue weighted by atomic mass is 14.8. The molecule has 1 nitrogen and oxygen atoms in total. The minimum Gasteiger partial charge on any atom is -0.313 e. The Balaban J connectivity index is 2.77. The van der Waals surface area contributed by atoms with E-state index in [1.807, 2.05) is 0 Å². The molecule has 0 saturated carbocycles. The molecule has 1 rings (SSSR count). The predicted octanol–water partition coefficient (Wildman–Crippen LogP) is 4.85. The third-order valence-corrected chi connectivity index (χ3v) is 3.45. The number of hydrogen-bond acceptors (Lipinski definition) is 1. The van der Waals surface area contributed by atoms with Crippen LogP contribution in [0.2, 0.25) is 0 Å². The summed E-state index contributed by atoms with van der Waals surface area (Å²) in [5, 5.41) is 3.50. The second kappa shape index (κ2) is 8.16. The van der Waals surface area contributed by atoms with Crippen molar-refractivity contribution in [3.63, 3.8) is 0 Å². The predicted molar refractivity (Wildman–Crippen MR) is 86.5 cm³/mol. The van der Waals surface area contributed by atoms with Gasteiger partial charge in [0.1, 0.15) is 0 Å². The first-order chi connectivity index (χ1) is 9.04. The van der Waals surface area contributed by atoms with E-state index in [0.717, 1.165) is 13.1 Å². The van der Waals surface area contributed by atoms with E-state index in [9.17, 15) is 0 Å². The summed E-state index contributed by atoms with van der Waals surface area (Å²) < 4.78 is 0. The summed E-state index contributed by atoms with van der Waals surface area (Å²) >= 11 is 0. The Morgan fingerprint density at radius 1 is 1.11 bits per heavy atom. The molecule has 0 bridgehead atoms. The molecule has 0 aliphatic heterocycles. The fourth-order valence-corrected chi connectivity index (χ4v) is 2.02. The molecule has 0 radical (unpaired) electrons. The Labute approximate surface area is 119 Å². The van der Waals surface area contributed by atoms with Gasteiger partial charge in [0.15, 0.2) is 0 Å². The number of benzene rings is 1. The van der Waals surface area contributed by atoms with Crippen LogP contribution in [0.15, 0.2) is 29.8 Å². The highest BCUT2D eigenvalue weighted by molar-refractivity contribution is 5.54. The third-order valence-electron chi connectivity index (χ3n) is 3.45. The molecule has 0 spiro atoms. The lowest BCUT2D eigenvalue weighted by Gasteiger charge is -2.13. The molecule has 1 aromatic rings. The summed E-state index contributed by atoms with van der Waals surface area (Å²) in [7, 11) is 0. The van der Waals surface area contributed by atoms with Gasteiger partial charge >= 0.3 is 0 Å². The Kier molecular flexibility index (Phi) is 6.86. The Morgan fingerprint density at radius 3 is 2.21 bits per heavy atom. The summed E-state index contributed by atoms with van der Waals surface area (Å²) in [5.74, 6) is 1.20. The minimum absolute atomic E-state index is 0.592. The fourth-order valence-electron chi connectivity index (χ4n) is 2.02. The Bertz CT molecular complexity index is 385. The van der Waals surface area contributed by atoms with E-state index in [2.05, 4.69) is 70.3 Å². The molecule has 1 N–H and O–H groups in total. The lowest BCUT2D eigenvalue weighted by atomic mass is 9.98. The summed E-state index contributed by atoms with van der Waals surface area (Å²) in [5.41, 5.74) is 4.20. The lowest BCUT2D eigenvalue weighted by molar-refractivity contribution is 0.657. The first-order valence-corrected chi connectivity index (χ1v) is 7.55. The number of rotatable bonds is 7. The monoisotopic (exact) mass is 259 g/mol. The topological polar surface area (TPSA) is 12.0 Å². The molecule has 0 aliphatic carbocycles. The molecule has 0 atom stereocenters. The van der Waals surface area contributed by atoms with Crippen molar-refractivity contribution in [1.29, 1.82) is 0 Å². The zero-order valence-corrected chi connectivity index (χ0v) is 13.2. The number of hydrogen-bond donors (Lipinski definition) is 1. The molecule has 0 amide bonds. The van der Waals surface area contributed by atoms with Crippen LogP contribution in [0.1, 0.15) is 58.1 Å². The third kappa shape index (κ3) is 5.61. The van der Waals surface area contributed by atoms with Gasteiger partial charge in [-0.15, -0.1) is 0 Å². The van der Waals surface area contributed by atoms with Crippen LogP contribution >= 0.6 is 0 Å². The largest absolute Gasteiger partial charge is 0.313 e. The Hall–Kier alpha value is -1.08. The first kappa shape index (κ1) is 16.0. The van der Waals surface area contributed by atoms with Crippen molar-refractivity contribution in [2.45, 2.75) is 47.0 Å². The van der Waals surface area contributed by atoms with Crippen LogP contribution < -0.4 is 5.32 Å². The van der Waals surface area contributed by atoms with Crippen molar-refractivity contribution in [3.05, 3.63) is 41.0 Å². The zero-order valence-electron chi connectivity index (χ0n) is 13.2. The molecule has 0 aromatic heterocycles. The van der Waals surface area contributed by atoms with Crippen LogP contribution in [-0.4, -0.2) is 13.1 Å². The molecule has 0 aliphatic rings. The van der Waals surface area contributed by atoms with Crippen LogP contribution in [-0.2, 0) is 0 Å². The second-order valence-electron chi connectivity index (χ2n) is 5.87. The quantitative estimate of drug-likeness (QED) is 0.690. The van der Waals surface area contributed by atoms with Crippen LogP contribution in [0, 0.1) is 5.92 Å². The van der Waals surface area contributed by atoms with Gasteiger partial charge in [0.05, 0.1) is 0 Å². The maximum atomic E-state index is 3.50. The molecule has 106 valence electrons. The molecule has 0 saturated heterocycles. The van der Waals surface area contributed by atoms with Crippen molar-refractivity contribution < 1.29 is 0 Å². The fraction of sp³-hybridized carbons (Fsp3) is 0.556. The van der Waals surface area contributed by atoms with Crippen LogP contribution in [0.3, 0.4) is 0 Å². The summed E-state index contributed by atoms with van der Waals surface area (Å²) in [6.07, 6.45) is 3.52. The molecule has 1 aromatic carbocycles. The van der Waals surface area contributed by atoms with Gasteiger partial charge in [-0.05, 0) is 35.9 Å². The van der Waals surface area contributed by atoms with E-state index in [1.165, 1.54) is 23.1 Å². The van der Waals surface area contributed by atoms with Crippen molar-refractivity contribution in [1.82, 2.24) is 5.32 Å². The normalized spacial score (nSPS) is 12.5. The van der Waals surface area contributed by atoms with Crippen molar-refractivity contribution in [2.75, 3.05) is 13.1 Å². The summed E-state index contributed by atoms with van der Waals surface area (Å²) in [4.78, 5) is 0. The van der Waals surface area contributed by atoms with Crippen molar-refractivity contribution in [3.8, 4) is 0 Å². The maximum Gasteiger partial charge on any atom is 0.0170 e. The highest BCUT2D eigenvalue weighted by Crippen LogP contribution is 2.18. The summed E-state index contributed by atoms with van der Waals surface area (Å²) in [6, 6.07) is 8.96. The number of nitrogens with one attached hydrogen (secondary N) is 1. The lowest BCUT2D eigenvalue weighted by Crippen LogP contribution is -2.19. The molecule has 0 fully saturated rings. The van der Waals surface area contributed by atoms with Gasteiger partial charge in [-0.1, -0.05) is 70.5 Å². The van der Waals surface area contributed by atoms with E-state index in [4.69, 9.17) is 0 Å². The first-order valence-electron chi connectivity index (χ1n) is 7.55. The van der Waals surface area contributed by atoms with Gasteiger partial charge in [-0.2, -0.15) is 0 Å². The minimum atomic E-state index is 0.592. The van der Waals surface area contributed by atoms with Gasteiger partial charge in [0.2, 0.25) is 0 Å². The average molecular weight is 259 g/mol. The smallest absolute Gasteiger partial charge is 0.0170 e. The van der Waals surface area contributed by atoms with E-state index in [0.29, 0.717) is 11.8 Å². The Morgan fingerprint density at radius 2 is 1.74 bits per heavy atom. The van der Waals surface area contributed by atoms with E-state index in [-0.39, 0.29) is 0 Å². The van der Waals surface area contributed by atoms with Gasteiger partial charge in [0, 0.05) is 6.54 Å². The molecule has 1 heteroatoms. The summed E-state index contributed by atoms with van der Waals surface area (Å²) in [6.45, 7) is 13.3. The van der Waals surface area contributed by atoms with Gasteiger partial charge in [-0.25, -0.2) is 0 Å². The molecule has 0 unspecified atom stereocenters. The van der Waals surface area contributed by atoms with E-state index >= 15 is 0 Å². The molecule has 19 heavy (non-hydrogen) atoms. The van der Waals surface area contributed by atoms with E-state index in [1.54, 1.807) is 0 Å². The molecular weight excluding hydrogens is 230 g/mol. The van der Waals surface area contributed by atoms with Crippen molar-refractivity contribution >= 4 is 6.08 Å². The zero-order chi connectivity index (χ0) is 14.3. The maximum absolute atomic E-state index is 3.50. The van der Waals surface area contributed by atoms with Crippen molar-refractivity contribution in [2.24, 2.45) is 5.92 Å². The van der Waals surface area contributed by atoms with E-state index < -0.39 is 0 Å². The van der Waals surface area contributed by atoms with Crippen LogP contribution in [0.5, 0.6) is 0 Å². The molecule has 0 heterocycles. The second-order valence-corrected chi connectivity index (χ2v) is 5.87. The molecular formula is C18H29N.